The third-order valence-electron chi connectivity index (χ3n) is 3.64. The number of sulfonamides is 1. The molecule has 1 atom stereocenters. The largest absolute Gasteiger partial charge is 0.497 e. The zero-order valence-electron chi connectivity index (χ0n) is 15.3. The molecule has 0 aliphatic carbocycles. The highest BCUT2D eigenvalue weighted by Gasteiger charge is 2.17. The van der Waals surface area contributed by atoms with Crippen molar-refractivity contribution in [3.63, 3.8) is 0 Å². The maximum atomic E-state index is 12.1. The minimum Gasteiger partial charge on any atom is -0.497 e. The Bertz CT molecular complexity index is 966. The highest BCUT2D eigenvalue weighted by atomic mass is 32.2. The third-order valence-corrected chi connectivity index (χ3v) is 4.57. The fraction of sp³-hybridized carbons (Fsp3) is 0.158. The Balaban J connectivity index is 1.90. The van der Waals surface area contributed by atoms with Gasteiger partial charge in [0.15, 0.2) is 6.10 Å². The molecule has 0 aromatic heterocycles. The molecule has 0 radical (unpaired) electrons. The molecule has 0 fully saturated rings. The summed E-state index contributed by atoms with van der Waals surface area (Å²) in [6, 6.07) is 12.3. The molecule has 0 heterocycles. The van der Waals surface area contributed by atoms with Crippen LogP contribution in [0.4, 0.5) is 5.69 Å². The standard InChI is InChI=1S/C19H20N2O6S/c1-13(19(23)21-15-6-10-17(11-7-15)28(20,24)25)27-18(22)12-5-14-3-8-16(26-2)9-4-14/h3-13H,1-2H3,(H,21,23)(H2,20,24,25)/b12-5+/t13-/m0/s1. The number of anilines is 1. The van der Waals surface area contributed by atoms with Gasteiger partial charge in [-0.1, -0.05) is 12.1 Å². The van der Waals surface area contributed by atoms with Gasteiger partial charge in [0, 0.05) is 11.8 Å². The lowest BCUT2D eigenvalue weighted by Gasteiger charge is -2.12. The van der Waals surface area contributed by atoms with Crippen molar-refractivity contribution in [2.24, 2.45) is 5.14 Å². The predicted octanol–water partition coefficient (Wildman–Crippen LogP) is 1.93. The first-order valence-corrected chi connectivity index (χ1v) is 9.70. The second-order valence-corrected chi connectivity index (χ2v) is 7.31. The van der Waals surface area contributed by atoms with Crippen molar-refractivity contribution < 1.29 is 27.5 Å². The van der Waals surface area contributed by atoms with Crippen LogP contribution in [0.3, 0.4) is 0 Å². The van der Waals surface area contributed by atoms with Crippen molar-refractivity contribution in [3.05, 3.63) is 60.2 Å². The van der Waals surface area contributed by atoms with E-state index in [2.05, 4.69) is 5.32 Å². The summed E-state index contributed by atoms with van der Waals surface area (Å²) >= 11 is 0. The van der Waals surface area contributed by atoms with Crippen LogP contribution in [0.5, 0.6) is 5.75 Å². The summed E-state index contributed by atoms with van der Waals surface area (Å²) in [5.74, 6) is -0.542. The number of hydrogen-bond acceptors (Lipinski definition) is 6. The van der Waals surface area contributed by atoms with Crippen LogP contribution in [0, 0.1) is 0 Å². The molecule has 2 aromatic rings. The molecule has 148 valence electrons. The van der Waals surface area contributed by atoms with E-state index in [1.54, 1.807) is 37.5 Å². The Morgan fingerprint density at radius 1 is 1.07 bits per heavy atom. The van der Waals surface area contributed by atoms with Crippen molar-refractivity contribution >= 4 is 33.7 Å². The van der Waals surface area contributed by atoms with Gasteiger partial charge in [-0.3, -0.25) is 4.79 Å². The first kappa shape index (κ1) is 21.1. The van der Waals surface area contributed by atoms with Gasteiger partial charge in [-0.2, -0.15) is 0 Å². The summed E-state index contributed by atoms with van der Waals surface area (Å²) in [7, 11) is -2.25. The molecule has 0 spiro atoms. The SMILES string of the molecule is COc1ccc(/C=C/C(=O)O[C@@H](C)C(=O)Nc2ccc(S(N)(=O)=O)cc2)cc1. The lowest BCUT2D eigenvalue weighted by atomic mass is 10.2. The molecule has 0 unspecified atom stereocenters. The Morgan fingerprint density at radius 2 is 1.68 bits per heavy atom. The molecule has 3 N–H and O–H groups in total. The van der Waals surface area contributed by atoms with Crippen molar-refractivity contribution in [1.29, 1.82) is 0 Å². The Hall–Kier alpha value is -3.17. The van der Waals surface area contributed by atoms with Gasteiger partial charge in [-0.25, -0.2) is 18.4 Å². The molecular formula is C19H20N2O6S. The van der Waals surface area contributed by atoms with Gasteiger partial charge in [-0.15, -0.1) is 0 Å². The summed E-state index contributed by atoms with van der Waals surface area (Å²) in [6.45, 7) is 1.42. The van der Waals surface area contributed by atoms with Crippen molar-refractivity contribution in [2.75, 3.05) is 12.4 Å². The van der Waals surface area contributed by atoms with E-state index in [9.17, 15) is 18.0 Å². The Morgan fingerprint density at radius 3 is 2.21 bits per heavy atom. The van der Waals surface area contributed by atoms with Crippen molar-refractivity contribution in [2.45, 2.75) is 17.9 Å². The lowest BCUT2D eigenvalue weighted by molar-refractivity contribution is -0.148. The number of benzene rings is 2. The third kappa shape index (κ3) is 6.22. The molecule has 0 saturated heterocycles. The maximum absolute atomic E-state index is 12.1. The Labute approximate surface area is 163 Å². The lowest BCUT2D eigenvalue weighted by Crippen LogP contribution is -2.29. The normalized spacial score (nSPS) is 12.4. The van der Waals surface area contributed by atoms with Crippen molar-refractivity contribution in [1.82, 2.24) is 0 Å². The van der Waals surface area contributed by atoms with Gasteiger partial charge in [-0.05, 0) is 55.0 Å². The van der Waals surface area contributed by atoms with Crippen LogP contribution in [0.25, 0.3) is 6.08 Å². The van der Waals surface area contributed by atoms with Gasteiger partial charge in [0.05, 0.1) is 12.0 Å². The van der Waals surface area contributed by atoms with Crippen LogP contribution < -0.4 is 15.2 Å². The van der Waals surface area contributed by atoms with Crippen LogP contribution in [0.15, 0.2) is 59.5 Å². The summed E-state index contributed by atoms with van der Waals surface area (Å²) in [4.78, 5) is 23.9. The maximum Gasteiger partial charge on any atom is 0.331 e. The number of ether oxygens (including phenoxy) is 2. The number of rotatable bonds is 7. The fourth-order valence-corrected chi connectivity index (χ4v) is 2.63. The molecule has 2 aromatic carbocycles. The zero-order chi connectivity index (χ0) is 20.7. The second kappa shape index (κ2) is 9.16. The fourth-order valence-electron chi connectivity index (χ4n) is 2.12. The number of nitrogens with two attached hydrogens (primary N) is 1. The smallest absolute Gasteiger partial charge is 0.331 e. The number of methoxy groups -OCH3 is 1. The van der Waals surface area contributed by atoms with E-state index < -0.39 is 28.0 Å². The van der Waals surface area contributed by atoms with Gasteiger partial charge in [0.2, 0.25) is 10.0 Å². The summed E-state index contributed by atoms with van der Waals surface area (Å²) in [6.07, 6.45) is 1.72. The van der Waals surface area contributed by atoms with Gasteiger partial charge in [0.1, 0.15) is 5.75 Å². The van der Waals surface area contributed by atoms with Crippen LogP contribution in [0.1, 0.15) is 12.5 Å². The number of carbonyl (C=O) groups is 2. The van der Waals surface area contributed by atoms with Gasteiger partial charge >= 0.3 is 5.97 Å². The van der Waals surface area contributed by atoms with Crippen LogP contribution >= 0.6 is 0 Å². The molecule has 0 aliphatic heterocycles. The number of amides is 1. The van der Waals surface area contributed by atoms with Gasteiger partial charge in [0.25, 0.3) is 5.91 Å². The van der Waals surface area contributed by atoms with E-state index in [1.807, 2.05) is 0 Å². The Kier molecular flexibility index (Phi) is 6.91. The molecule has 0 bridgehead atoms. The predicted molar refractivity (Wildman–Crippen MR) is 104 cm³/mol. The number of primary sulfonamides is 1. The van der Waals surface area contributed by atoms with Crippen LogP contribution in [-0.4, -0.2) is 33.5 Å². The first-order valence-electron chi connectivity index (χ1n) is 8.15. The quantitative estimate of drug-likeness (QED) is 0.537. The molecule has 1 amide bonds. The first-order chi connectivity index (χ1) is 13.2. The average molecular weight is 404 g/mol. The summed E-state index contributed by atoms with van der Waals surface area (Å²) in [5, 5.41) is 7.53. The van der Waals surface area contributed by atoms with E-state index in [0.29, 0.717) is 11.4 Å². The number of esters is 1. The molecule has 28 heavy (non-hydrogen) atoms. The minimum absolute atomic E-state index is 0.0753. The second-order valence-electron chi connectivity index (χ2n) is 5.74. The number of hydrogen-bond donors (Lipinski definition) is 2. The van der Waals surface area contributed by atoms with E-state index in [0.717, 1.165) is 5.56 Å². The average Bonchev–Trinajstić information content (AvgIpc) is 2.66. The topological polar surface area (TPSA) is 125 Å². The van der Waals surface area contributed by atoms with E-state index in [4.69, 9.17) is 14.6 Å². The molecule has 8 nitrogen and oxygen atoms in total. The zero-order valence-corrected chi connectivity index (χ0v) is 16.1. The molecular weight excluding hydrogens is 384 g/mol. The number of carbonyl (C=O) groups excluding carboxylic acids is 2. The van der Waals surface area contributed by atoms with E-state index >= 15 is 0 Å². The molecule has 2 rings (SSSR count). The highest BCUT2D eigenvalue weighted by Crippen LogP contribution is 2.14. The van der Waals surface area contributed by atoms with Gasteiger partial charge < -0.3 is 14.8 Å². The summed E-state index contributed by atoms with van der Waals surface area (Å²) in [5.41, 5.74) is 1.11. The number of nitrogens with one attached hydrogen (secondary N) is 1. The van der Waals surface area contributed by atoms with E-state index in [1.165, 1.54) is 37.3 Å². The van der Waals surface area contributed by atoms with Crippen molar-refractivity contribution in [3.8, 4) is 5.75 Å². The molecule has 0 saturated carbocycles. The van der Waals surface area contributed by atoms with Crippen LogP contribution in [-0.2, 0) is 24.3 Å². The minimum atomic E-state index is -3.81. The van der Waals surface area contributed by atoms with Crippen LogP contribution in [0.2, 0.25) is 0 Å². The molecule has 0 aliphatic rings. The molecule has 9 heteroatoms. The monoisotopic (exact) mass is 404 g/mol. The highest BCUT2D eigenvalue weighted by molar-refractivity contribution is 7.89. The summed E-state index contributed by atoms with van der Waals surface area (Å²) < 4.78 is 32.5. The van der Waals surface area contributed by atoms with E-state index in [-0.39, 0.29) is 4.90 Å².